The number of rotatable bonds is 3. The van der Waals surface area contributed by atoms with E-state index in [1.54, 1.807) is 13.8 Å². The summed E-state index contributed by atoms with van der Waals surface area (Å²) < 4.78 is 89.0. The molecule has 1 aliphatic rings. The SMILES string of the molecule is CC1(C)CC1C=C(F)C(=O)OC(C(F)(F)F)C(F)(F)F.O=C(O)O. The minimum atomic E-state index is -5.85. The van der Waals surface area contributed by atoms with Gasteiger partial charge in [0.05, 0.1) is 0 Å². The maximum absolute atomic E-state index is 13.2. The van der Waals surface area contributed by atoms with Crippen LogP contribution in [-0.4, -0.2) is 40.8 Å². The van der Waals surface area contributed by atoms with Crippen molar-refractivity contribution in [3.05, 3.63) is 11.9 Å². The van der Waals surface area contributed by atoms with Gasteiger partial charge in [0.1, 0.15) is 0 Å². The molecule has 0 amide bonds. The Morgan fingerprint density at radius 2 is 1.46 bits per heavy atom. The Morgan fingerprint density at radius 3 is 1.71 bits per heavy atom. The van der Waals surface area contributed by atoms with Crippen LogP contribution in [0.4, 0.5) is 35.5 Å². The molecule has 1 aliphatic carbocycles. The van der Waals surface area contributed by atoms with Crippen LogP contribution < -0.4 is 0 Å². The van der Waals surface area contributed by atoms with E-state index in [9.17, 15) is 35.5 Å². The topological polar surface area (TPSA) is 83.8 Å². The van der Waals surface area contributed by atoms with E-state index in [1.807, 2.05) is 0 Å². The molecule has 1 atom stereocenters. The van der Waals surface area contributed by atoms with Crippen LogP contribution in [-0.2, 0) is 9.53 Å². The summed E-state index contributed by atoms with van der Waals surface area (Å²) in [6.07, 6.45) is -16.7. The van der Waals surface area contributed by atoms with E-state index in [1.165, 1.54) is 0 Å². The van der Waals surface area contributed by atoms with Gasteiger partial charge < -0.3 is 14.9 Å². The fourth-order valence-corrected chi connectivity index (χ4v) is 1.52. The number of carboxylic acid groups (broad SMARTS) is 2. The summed E-state index contributed by atoms with van der Waals surface area (Å²) in [6, 6.07) is 0. The number of carbonyl (C=O) groups is 2. The lowest BCUT2D eigenvalue weighted by atomic mass is 10.1. The highest BCUT2D eigenvalue weighted by Crippen LogP contribution is 2.53. The number of allylic oxidation sites excluding steroid dienone is 1. The second kappa shape index (κ2) is 7.26. The van der Waals surface area contributed by atoms with Gasteiger partial charge in [-0.25, -0.2) is 9.59 Å². The van der Waals surface area contributed by atoms with Crippen LogP contribution in [0.15, 0.2) is 11.9 Å². The predicted octanol–water partition coefficient (Wildman–Crippen LogP) is 4.14. The third-order valence-corrected chi connectivity index (χ3v) is 2.95. The molecule has 0 aromatic heterocycles. The molecule has 1 unspecified atom stereocenters. The molecule has 0 aromatic rings. The highest BCUT2D eigenvalue weighted by Gasteiger charge is 2.60. The Labute approximate surface area is 130 Å². The van der Waals surface area contributed by atoms with Crippen molar-refractivity contribution in [1.82, 2.24) is 0 Å². The molecule has 0 radical (unpaired) electrons. The molecule has 24 heavy (non-hydrogen) atoms. The van der Waals surface area contributed by atoms with Crippen molar-refractivity contribution in [2.45, 2.75) is 38.7 Å². The second-order valence-corrected chi connectivity index (χ2v) is 5.46. The van der Waals surface area contributed by atoms with Crippen LogP contribution in [0.1, 0.15) is 20.3 Å². The molecule has 2 N–H and O–H groups in total. The first kappa shape index (κ1) is 22.0. The molecule has 0 saturated heterocycles. The first-order valence-electron chi connectivity index (χ1n) is 6.12. The maximum atomic E-state index is 13.2. The summed E-state index contributed by atoms with van der Waals surface area (Å²) in [4.78, 5) is 19.5. The van der Waals surface area contributed by atoms with Gasteiger partial charge in [-0.05, 0) is 23.8 Å². The van der Waals surface area contributed by atoms with Crippen LogP contribution in [0.3, 0.4) is 0 Å². The second-order valence-electron chi connectivity index (χ2n) is 5.46. The molecule has 12 heteroatoms. The minimum Gasteiger partial charge on any atom is -0.450 e. The van der Waals surface area contributed by atoms with Crippen LogP contribution in [0.2, 0.25) is 0 Å². The largest absolute Gasteiger partial charge is 0.503 e. The van der Waals surface area contributed by atoms with E-state index < -0.39 is 42.3 Å². The number of carbonyl (C=O) groups excluding carboxylic acids is 1. The van der Waals surface area contributed by atoms with E-state index in [0.717, 1.165) is 0 Å². The lowest BCUT2D eigenvalue weighted by Crippen LogP contribution is -2.45. The molecule has 1 fully saturated rings. The molecular formula is C12H13F7O5. The molecule has 1 rings (SSSR count). The fraction of sp³-hybridized carbons (Fsp3) is 0.667. The van der Waals surface area contributed by atoms with Gasteiger partial charge in [0.25, 0.3) is 6.10 Å². The molecule has 0 bridgehead atoms. The standard InChI is InChI=1S/C11H11F7O2.CH2O3/c1-9(2)4-5(9)3-6(12)7(19)20-8(10(13,14)15)11(16,17)18;2-1(3)4/h3,5,8H,4H2,1-2H3;(H2,2,3,4). The molecular weight excluding hydrogens is 357 g/mol. The van der Waals surface area contributed by atoms with Crippen molar-refractivity contribution in [3.63, 3.8) is 0 Å². The number of ether oxygens (including phenoxy) is 1. The molecule has 0 aliphatic heterocycles. The first-order valence-corrected chi connectivity index (χ1v) is 6.12. The highest BCUT2D eigenvalue weighted by atomic mass is 19.4. The van der Waals surface area contributed by atoms with Crippen molar-refractivity contribution in [3.8, 4) is 0 Å². The van der Waals surface area contributed by atoms with Gasteiger partial charge in [-0.3, -0.25) is 0 Å². The summed E-state index contributed by atoms with van der Waals surface area (Å²) in [5, 5.41) is 13.9. The zero-order valence-electron chi connectivity index (χ0n) is 12.2. The lowest BCUT2D eigenvalue weighted by molar-refractivity contribution is -0.312. The molecule has 1 saturated carbocycles. The molecule has 0 spiro atoms. The third kappa shape index (κ3) is 7.51. The van der Waals surface area contributed by atoms with Gasteiger partial charge in [-0.15, -0.1) is 0 Å². The van der Waals surface area contributed by atoms with Gasteiger partial charge >= 0.3 is 24.5 Å². The van der Waals surface area contributed by atoms with Gasteiger partial charge in [0, 0.05) is 0 Å². The number of halogens is 7. The molecule has 5 nitrogen and oxygen atoms in total. The highest BCUT2D eigenvalue weighted by molar-refractivity contribution is 5.86. The number of hydrogen-bond acceptors (Lipinski definition) is 3. The summed E-state index contributed by atoms with van der Waals surface area (Å²) in [6.45, 7) is 3.42. The average molecular weight is 370 g/mol. The number of esters is 1. The monoisotopic (exact) mass is 370 g/mol. The summed E-state index contributed by atoms with van der Waals surface area (Å²) >= 11 is 0. The third-order valence-electron chi connectivity index (χ3n) is 2.95. The minimum absolute atomic E-state index is 0.328. The van der Waals surface area contributed by atoms with Gasteiger partial charge in [-0.2, -0.15) is 30.7 Å². The van der Waals surface area contributed by atoms with Crippen LogP contribution in [0, 0.1) is 11.3 Å². The van der Waals surface area contributed by atoms with Crippen molar-refractivity contribution in [2.24, 2.45) is 11.3 Å². The Kier molecular flexibility index (Phi) is 6.65. The van der Waals surface area contributed by atoms with Crippen LogP contribution in [0.25, 0.3) is 0 Å². The van der Waals surface area contributed by atoms with Crippen molar-refractivity contribution < 1.29 is 55.3 Å². The Hall–Kier alpha value is -2.01. The van der Waals surface area contributed by atoms with Gasteiger partial charge in [0.15, 0.2) is 0 Å². The zero-order chi connectivity index (χ0) is 19.5. The Balaban J connectivity index is 0.00000118. The summed E-state index contributed by atoms with van der Waals surface area (Å²) in [5.41, 5.74) is -0.328. The fourth-order valence-electron chi connectivity index (χ4n) is 1.52. The maximum Gasteiger partial charge on any atom is 0.503 e. The van der Waals surface area contributed by atoms with E-state index in [4.69, 9.17) is 15.0 Å². The normalized spacial score (nSPS) is 20.1. The predicted molar refractivity (Wildman–Crippen MR) is 63.7 cm³/mol. The van der Waals surface area contributed by atoms with Crippen molar-refractivity contribution >= 4 is 12.1 Å². The molecule has 140 valence electrons. The van der Waals surface area contributed by atoms with Crippen molar-refractivity contribution in [2.75, 3.05) is 0 Å². The zero-order valence-corrected chi connectivity index (χ0v) is 12.2. The Bertz CT molecular complexity index is 489. The summed E-state index contributed by atoms with van der Waals surface area (Å²) in [5.74, 6) is -4.43. The van der Waals surface area contributed by atoms with Gasteiger partial charge in [0.2, 0.25) is 5.83 Å². The first-order chi connectivity index (χ1) is 10.5. The van der Waals surface area contributed by atoms with E-state index in [2.05, 4.69) is 4.74 Å². The lowest BCUT2D eigenvalue weighted by Gasteiger charge is -2.22. The molecule has 0 heterocycles. The number of alkyl halides is 6. The van der Waals surface area contributed by atoms with E-state index in [-0.39, 0.29) is 5.41 Å². The van der Waals surface area contributed by atoms with E-state index in [0.29, 0.717) is 12.5 Å². The quantitative estimate of drug-likeness (QED) is 0.443. The van der Waals surface area contributed by atoms with Crippen LogP contribution in [0.5, 0.6) is 0 Å². The van der Waals surface area contributed by atoms with Crippen molar-refractivity contribution in [1.29, 1.82) is 0 Å². The van der Waals surface area contributed by atoms with Gasteiger partial charge in [-0.1, -0.05) is 13.8 Å². The average Bonchev–Trinajstić information content (AvgIpc) is 2.89. The number of hydrogen-bond donors (Lipinski definition) is 2. The van der Waals surface area contributed by atoms with E-state index >= 15 is 0 Å². The Morgan fingerprint density at radius 1 is 1.12 bits per heavy atom. The smallest absolute Gasteiger partial charge is 0.450 e. The molecule has 0 aromatic carbocycles. The summed E-state index contributed by atoms with van der Waals surface area (Å²) in [7, 11) is 0. The van der Waals surface area contributed by atoms with Crippen LogP contribution >= 0.6 is 0 Å².